The zero-order chi connectivity index (χ0) is 18.8. The third-order valence-electron chi connectivity index (χ3n) is 3.04. The van der Waals surface area contributed by atoms with E-state index in [0.717, 1.165) is 0 Å². The normalized spacial score (nSPS) is 13.8. The average molecular weight is 394 g/mol. The van der Waals surface area contributed by atoms with E-state index in [0.29, 0.717) is 5.56 Å². The smallest absolute Gasteiger partial charge is 0.309 e. The predicted octanol–water partition coefficient (Wildman–Crippen LogP) is 5.19. The van der Waals surface area contributed by atoms with Gasteiger partial charge >= 0.3 is 15.4 Å². The van der Waals surface area contributed by atoms with Crippen molar-refractivity contribution in [3.8, 4) is 0 Å². The number of hydrogen-bond acceptors (Lipinski definition) is 7. The van der Waals surface area contributed by atoms with Gasteiger partial charge in [-0.2, -0.15) is 0 Å². The van der Waals surface area contributed by atoms with Crippen LogP contribution >= 0.6 is 15.4 Å². The molecular weight excluding hydrogens is 366 g/mol. The first kappa shape index (κ1) is 22.5. The van der Waals surface area contributed by atoms with E-state index in [1.807, 2.05) is 18.2 Å². The number of phosphoric ester groups is 1. The second-order valence-electron chi connectivity index (χ2n) is 4.92. The Kier molecular flexibility index (Phi) is 10.1. The molecule has 0 saturated heterocycles. The van der Waals surface area contributed by atoms with E-state index in [9.17, 15) is 9.13 Å². The molecule has 0 spiro atoms. The van der Waals surface area contributed by atoms with Crippen molar-refractivity contribution in [2.45, 2.75) is 33.8 Å². The van der Waals surface area contributed by atoms with Crippen molar-refractivity contribution in [3.63, 3.8) is 0 Å². The molecule has 0 aliphatic rings. The van der Waals surface area contributed by atoms with Crippen molar-refractivity contribution in [1.82, 2.24) is 0 Å². The summed E-state index contributed by atoms with van der Waals surface area (Å²) in [4.78, 5) is 0. The lowest BCUT2D eigenvalue weighted by Gasteiger charge is -2.26. The standard InChI is InChI=1S/C16H28O7P2/c1-5-19-24(17,20-6-2)14-16(15-12-10-9-11-13-15)23-25(18,21-7-3)22-8-4/h9-13,16H,5-8,14H2,1-4H3. The molecule has 0 N–H and O–H groups in total. The van der Waals surface area contributed by atoms with Crippen LogP contribution in [-0.2, 0) is 31.7 Å². The second-order valence-corrected chi connectivity index (χ2v) is 8.64. The lowest BCUT2D eigenvalue weighted by molar-refractivity contribution is 0.0881. The molecule has 0 aliphatic heterocycles. The van der Waals surface area contributed by atoms with Gasteiger partial charge in [0.1, 0.15) is 6.10 Å². The summed E-state index contributed by atoms with van der Waals surface area (Å²) >= 11 is 0. The van der Waals surface area contributed by atoms with Crippen molar-refractivity contribution in [3.05, 3.63) is 35.9 Å². The molecule has 1 atom stereocenters. The van der Waals surface area contributed by atoms with E-state index in [1.54, 1.807) is 39.8 Å². The molecule has 1 aromatic rings. The topological polar surface area (TPSA) is 80.3 Å². The van der Waals surface area contributed by atoms with E-state index in [1.165, 1.54) is 0 Å². The minimum Gasteiger partial charge on any atom is -0.309 e. The Bertz CT molecular complexity index is 527. The van der Waals surface area contributed by atoms with Gasteiger partial charge < -0.3 is 9.05 Å². The van der Waals surface area contributed by atoms with Crippen LogP contribution in [0.4, 0.5) is 0 Å². The van der Waals surface area contributed by atoms with Gasteiger partial charge in [-0.1, -0.05) is 30.3 Å². The van der Waals surface area contributed by atoms with Gasteiger partial charge in [0.2, 0.25) is 0 Å². The monoisotopic (exact) mass is 394 g/mol. The van der Waals surface area contributed by atoms with Crippen LogP contribution < -0.4 is 0 Å². The fourth-order valence-corrected chi connectivity index (χ4v) is 5.39. The molecule has 1 rings (SSSR count). The molecule has 1 aromatic carbocycles. The summed E-state index contributed by atoms with van der Waals surface area (Å²) in [5, 5.41) is 0. The molecule has 0 aromatic heterocycles. The highest BCUT2D eigenvalue weighted by Gasteiger charge is 2.36. The van der Waals surface area contributed by atoms with Crippen LogP contribution in [0.15, 0.2) is 30.3 Å². The van der Waals surface area contributed by atoms with Crippen molar-refractivity contribution >= 4 is 15.4 Å². The van der Waals surface area contributed by atoms with Crippen molar-refractivity contribution < 1.29 is 31.7 Å². The zero-order valence-corrected chi connectivity index (χ0v) is 17.0. The van der Waals surface area contributed by atoms with Gasteiger partial charge in [0, 0.05) is 0 Å². The molecule has 0 saturated carbocycles. The minimum atomic E-state index is -3.80. The lowest BCUT2D eigenvalue weighted by atomic mass is 10.1. The summed E-state index contributed by atoms with van der Waals surface area (Å²) in [6.45, 7) is 7.63. The molecule has 1 unspecified atom stereocenters. The molecule has 0 fully saturated rings. The minimum absolute atomic E-state index is 0.0944. The summed E-state index contributed by atoms with van der Waals surface area (Å²) in [7, 11) is -7.22. The largest absolute Gasteiger partial charge is 0.475 e. The van der Waals surface area contributed by atoms with Crippen molar-refractivity contribution in [1.29, 1.82) is 0 Å². The number of benzene rings is 1. The van der Waals surface area contributed by atoms with Crippen LogP contribution in [0, 0.1) is 0 Å². The Hall–Kier alpha value is -0.520. The third-order valence-corrected chi connectivity index (χ3v) is 6.79. The highest BCUT2D eigenvalue weighted by Crippen LogP contribution is 2.58. The van der Waals surface area contributed by atoms with E-state index in [4.69, 9.17) is 22.6 Å². The van der Waals surface area contributed by atoms with Crippen LogP contribution in [-0.4, -0.2) is 32.6 Å². The summed E-state index contributed by atoms with van der Waals surface area (Å²) in [6.07, 6.45) is -0.919. The Morgan fingerprint density at radius 2 is 1.28 bits per heavy atom. The van der Waals surface area contributed by atoms with E-state index in [2.05, 4.69) is 0 Å². The van der Waals surface area contributed by atoms with Gasteiger partial charge in [-0.25, -0.2) is 4.57 Å². The first-order chi connectivity index (χ1) is 11.9. The van der Waals surface area contributed by atoms with Gasteiger partial charge in [0.15, 0.2) is 0 Å². The Morgan fingerprint density at radius 1 is 0.800 bits per heavy atom. The Labute approximate surface area is 150 Å². The van der Waals surface area contributed by atoms with Gasteiger partial charge in [0.25, 0.3) is 0 Å². The van der Waals surface area contributed by atoms with Crippen LogP contribution in [0.2, 0.25) is 0 Å². The van der Waals surface area contributed by atoms with Gasteiger partial charge in [-0.3, -0.25) is 18.1 Å². The average Bonchev–Trinajstić information content (AvgIpc) is 2.56. The van der Waals surface area contributed by atoms with Crippen LogP contribution in [0.5, 0.6) is 0 Å². The molecule has 0 radical (unpaired) electrons. The van der Waals surface area contributed by atoms with Crippen molar-refractivity contribution in [2.24, 2.45) is 0 Å². The summed E-state index contributed by atoms with van der Waals surface area (Å²) in [5.74, 6) is 0. The highest BCUT2D eigenvalue weighted by atomic mass is 31.2. The molecule has 0 amide bonds. The first-order valence-corrected chi connectivity index (χ1v) is 11.6. The van der Waals surface area contributed by atoms with Crippen molar-refractivity contribution in [2.75, 3.05) is 32.6 Å². The third kappa shape index (κ3) is 7.71. The Morgan fingerprint density at radius 3 is 1.72 bits per heavy atom. The van der Waals surface area contributed by atoms with Crippen LogP contribution in [0.1, 0.15) is 39.4 Å². The first-order valence-electron chi connectivity index (χ1n) is 8.42. The van der Waals surface area contributed by atoms with E-state index < -0.39 is 21.5 Å². The second kappa shape index (κ2) is 11.2. The quantitative estimate of drug-likeness (QED) is 0.426. The van der Waals surface area contributed by atoms with Gasteiger partial charge in [0.05, 0.1) is 32.6 Å². The zero-order valence-electron chi connectivity index (χ0n) is 15.3. The summed E-state index contributed by atoms with van der Waals surface area (Å²) < 4.78 is 52.4. The molecule has 25 heavy (non-hydrogen) atoms. The van der Waals surface area contributed by atoms with Crippen LogP contribution in [0.3, 0.4) is 0 Å². The molecular formula is C16H28O7P2. The maximum absolute atomic E-state index is 12.9. The summed E-state index contributed by atoms with van der Waals surface area (Å²) in [6, 6.07) is 9.04. The molecule has 9 heteroatoms. The number of rotatable bonds is 13. The van der Waals surface area contributed by atoms with E-state index >= 15 is 0 Å². The fourth-order valence-electron chi connectivity index (χ4n) is 2.18. The fraction of sp³-hybridized carbons (Fsp3) is 0.625. The van der Waals surface area contributed by atoms with E-state index in [-0.39, 0.29) is 32.6 Å². The Balaban J connectivity index is 3.12. The number of phosphoric acid groups is 1. The maximum Gasteiger partial charge on any atom is 0.475 e. The molecule has 7 nitrogen and oxygen atoms in total. The number of hydrogen-bond donors (Lipinski definition) is 0. The highest BCUT2D eigenvalue weighted by molar-refractivity contribution is 7.54. The lowest BCUT2D eigenvalue weighted by Crippen LogP contribution is -2.13. The summed E-state index contributed by atoms with van der Waals surface area (Å²) in [5.41, 5.74) is 0.682. The molecule has 0 aliphatic carbocycles. The molecule has 0 heterocycles. The van der Waals surface area contributed by atoms with Gasteiger partial charge in [-0.05, 0) is 33.3 Å². The van der Waals surface area contributed by atoms with Gasteiger partial charge in [-0.15, -0.1) is 0 Å². The SMILES string of the molecule is CCOP(=O)(CC(OP(=O)(OCC)OCC)c1ccccc1)OCC. The predicted molar refractivity (Wildman–Crippen MR) is 96.9 cm³/mol. The van der Waals surface area contributed by atoms with Crippen LogP contribution in [0.25, 0.3) is 0 Å². The molecule has 0 bridgehead atoms. The maximum atomic E-state index is 12.9. The molecule has 144 valence electrons.